The molecule has 0 bridgehead atoms. The van der Waals surface area contributed by atoms with Crippen LogP contribution in [0.4, 0.5) is 0 Å². The summed E-state index contributed by atoms with van der Waals surface area (Å²) in [5.74, 6) is 3.77. The van der Waals surface area contributed by atoms with Crippen molar-refractivity contribution in [2.24, 2.45) is 45.8 Å². The van der Waals surface area contributed by atoms with Gasteiger partial charge in [-0.2, -0.15) is 0 Å². The van der Waals surface area contributed by atoms with E-state index in [-0.39, 0.29) is 45.3 Å². The predicted octanol–water partition coefficient (Wildman–Crippen LogP) is 10.4. The van der Waals surface area contributed by atoms with E-state index in [0.29, 0.717) is 29.5 Å². The van der Waals surface area contributed by atoms with Crippen LogP contribution in [0.5, 0.6) is 0 Å². The Bertz CT molecular complexity index is 778. The van der Waals surface area contributed by atoms with E-state index < -0.39 is 0 Å². The highest BCUT2D eigenvalue weighted by Gasteiger charge is 2.42. The van der Waals surface area contributed by atoms with Crippen LogP contribution in [0.2, 0.25) is 0 Å². The molecule has 0 atom stereocenters. The summed E-state index contributed by atoms with van der Waals surface area (Å²) >= 11 is 0. The molecule has 0 rings (SSSR count). The number of rotatable bonds is 11. The molecule has 5 heteroatoms. The second-order valence-corrected chi connectivity index (χ2v) is 15.2. The van der Waals surface area contributed by atoms with Crippen molar-refractivity contribution in [3.63, 3.8) is 0 Å². The Kier molecular flexibility index (Phi) is 28.3. The maximum atomic E-state index is 11.4. The first-order valence-electron chi connectivity index (χ1n) is 15.9. The van der Waals surface area contributed by atoms with Crippen molar-refractivity contribution < 1.29 is 24.0 Å². The molecule has 5 nitrogen and oxygen atoms in total. The summed E-state index contributed by atoms with van der Waals surface area (Å²) in [7, 11) is 0. The SMILES string of the molecule is CC(=O)C(C)(C)C(C)(C)C(C)C.CC(=O)C(C)(C)C(C)C.CC(=O)C(C)C.CC(=O)CC(C)C.CC(=O)CCC(C)C. The lowest BCUT2D eigenvalue weighted by atomic mass is 9.60. The highest BCUT2D eigenvalue weighted by atomic mass is 16.1. The lowest BCUT2D eigenvalue weighted by molar-refractivity contribution is -0.133. The third kappa shape index (κ3) is 27.2. The second-order valence-electron chi connectivity index (χ2n) is 15.2. The lowest BCUT2D eigenvalue weighted by Gasteiger charge is -2.43. The Morgan fingerprint density at radius 2 is 0.881 bits per heavy atom. The van der Waals surface area contributed by atoms with E-state index in [1.807, 2.05) is 55.4 Å². The zero-order chi connectivity index (χ0) is 35.4. The average Bonchev–Trinajstić information content (AvgIpc) is 2.77. The molecule has 0 amide bonds. The third-order valence-electron chi connectivity index (χ3n) is 8.87. The molecule has 0 aliphatic rings. The van der Waals surface area contributed by atoms with Gasteiger partial charge in [0.15, 0.2) is 0 Å². The van der Waals surface area contributed by atoms with Crippen molar-refractivity contribution >= 4 is 28.9 Å². The number of ketones is 5. The van der Waals surface area contributed by atoms with Crippen LogP contribution in [0.1, 0.15) is 165 Å². The predicted molar refractivity (Wildman–Crippen MR) is 183 cm³/mol. The Morgan fingerprint density at radius 3 is 0.929 bits per heavy atom. The van der Waals surface area contributed by atoms with Gasteiger partial charge in [-0.15, -0.1) is 0 Å². The first-order chi connectivity index (χ1) is 18.4. The van der Waals surface area contributed by atoms with Gasteiger partial charge in [0.1, 0.15) is 28.9 Å². The van der Waals surface area contributed by atoms with Crippen LogP contribution >= 0.6 is 0 Å². The molecular weight excluding hydrogens is 524 g/mol. The quantitative estimate of drug-likeness (QED) is 0.236. The first kappa shape index (κ1) is 50.0. The highest BCUT2D eigenvalue weighted by molar-refractivity contribution is 5.82. The minimum Gasteiger partial charge on any atom is -0.300 e. The highest BCUT2D eigenvalue weighted by Crippen LogP contribution is 2.44. The monoisotopic (exact) mass is 599 g/mol. The van der Waals surface area contributed by atoms with Crippen LogP contribution in [-0.2, 0) is 24.0 Å². The van der Waals surface area contributed by atoms with Gasteiger partial charge in [-0.3, -0.25) is 14.4 Å². The molecule has 0 aliphatic carbocycles. The summed E-state index contributed by atoms with van der Waals surface area (Å²) < 4.78 is 0. The topological polar surface area (TPSA) is 85.3 Å². The van der Waals surface area contributed by atoms with Crippen LogP contribution in [-0.4, -0.2) is 28.9 Å². The summed E-state index contributed by atoms with van der Waals surface area (Å²) in [5.41, 5.74) is -0.292. The van der Waals surface area contributed by atoms with Crippen LogP contribution in [0, 0.1) is 45.8 Å². The smallest absolute Gasteiger partial charge is 0.135 e. The molecule has 0 N–H and O–H groups in total. The van der Waals surface area contributed by atoms with Gasteiger partial charge in [0.2, 0.25) is 0 Å². The standard InChI is InChI=1S/C11H22O.C8H16O.C7H14O.C6H12O.C5H10O/c1-8(2)10(4,5)11(6,7)9(3)12;1-6(2)8(4,5)7(3)9;1-6(2)4-5-7(3)8;1-5(2)4-6(3)7;1-4(2)5(3)6/h8H,1-7H3;6H,1-5H3;6H,4-5H2,1-3H3;5H,4H2,1-3H3;4H,1-3H3. The van der Waals surface area contributed by atoms with E-state index in [9.17, 15) is 24.0 Å². The van der Waals surface area contributed by atoms with E-state index in [4.69, 9.17) is 0 Å². The first-order valence-corrected chi connectivity index (χ1v) is 15.9. The Labute approximate surface area is 263 Å². The molecule has 0 fully saturated rings. The van der Waals surface area contributed by atoms with Crippen molar-refractivity contribution in [2.75, 3.05) is 0 Å². The minimum atomic E-state index is -0.221. The van der Waals surface area contributed by atoms with E-state index in [1.54, 1.807) is 34.6 Å². The number of hydrogen-bond donors (Lipinski definition) is 0. The fourth-order valence-electron chi connectivity index (χ4n) is 2.65. The molecule has 0 aromatic heterocycles. The van der Waals surface area contributed by atoms with Crippen LogP contribution in [0.15, 0.2) is 0 Å². The molecule has 0 unspecified atom stereocenters. The van der Waals surface area contributed by atoms with Gasteiger partial charge in [0, 0.05) is 29.6 Å². The van der Waals surface area contributed by atoms with Crippen molar-refractivity contribution in [3.8, 4) is 0 Å². The molecule has 0 aromatic carbocycles. The molecule has 0 aliphatic heterocycles. The Morgan fingerprint density at radius 1 is 0.524 bits per heavy atom. The third-order valence-corrected chi connectivity index (χ3v) is 8.87. The van der Waals surface area contributed by atoms with Crippen molar-refractivity contribution in [2.45, 2.75) is 165 Å². The number of carbonyl (C=O) groups is 5. The molecule has 252 valence electrons. The molecule has 0 heterocycles. The van der Waals surface area contributed by atoms with Gasteiger partial charge in [-0.05, 0) is 70.1 Å². The van der Waals surface area contributed by atoms with Gasteiger partial charge in [-0.25, -0.2) is 0 Å². The van der Waals surface area contributed by atoms with Crippen molar-refractivity contribution in [1.29, 1.82) is 0 Å². The molecular formula is C37H74O5. The summed E-state index contributed by atoms with van der Waals surface area (Å²) in [6.45, 7) is 41.2. The maximum Gasteiger partial charge on any atom is 0.135 e. The Hall–Kier alpha value is -1.65. The molecule has 0 spiro atoms. The molecule has 0 saturated carbocycles. The molecule has 42 heavy (non-hydrogen) atoms. The van der Waals surface area contributed by atoms with Gasteiger partial charge in [0.25, 0.3) is 0 Å². The number of carbonyl (C=O) groups excluding carboxylic acids is 5. The summed E-state index contributed by atoms with van der Waals surface area (Å²) in [6, 6.07) is 0. The molecule has 0 radical (unpaired) electrons. The maximum absolute atomic E-state index is 11.4. The van der Waals surface area contributed by atoms with Crippen molar-refractivity contribution in [1.82, 2.24) is 0 Å². The summed E-state index contributed by atoms with van der Waals surface area (Å²) in [6.07, 6.45) is 2.51. The number of hydrogen-bond acceptors (Lipinski definition) is 5. The van der Waals surface area contributed by atoms with Gasteiger partial charge >= 0.3 is 0 Å². The lowest BCUT2D eigenvalue weighted by Crippen LogP contribution is -2.41. The van der Waals surface area contributed by atoms with Gasteiger partial charge in [0.05, 0.1) is 0 Å². The van der Waals surface area contributed by atoms with E-state index in [2.05, 4.69) is 55.4 Å². The normalized spacial score (nSPS) is 11.4. The average molecular weight is 599 g/mol. The largest absolute Gasteiger partial charge is 0.300 e. The number of Topliss-reactive ketones (excluding diaryl/α,β-unsaturated/α-hetero) is 5. The zero-order valence-corrected chi connectivity index (χ0v) is 32.0. The second kappa shape index (κ2) is 23.8. The van der Waals surface area contributed by atoms with Crippen LogP contribution in [0.3, 0.4) is 0 Å². The molecule has 0 aromatic rings. The zero-order valence-electron chi connectivity index (χ0n) is 32.0. The van der Waals surface area contributed by atoms with E-state index in [1.165, 1.54) is 0 Å². The van der Waals surface area contributed by atoms with Crippen molar-refractivity contribution in [3.05, 3.63) is 0 Å². The minimum absolute atomic E-state index is 0.0683. The fraction of sp³-hybridized carbons (Fsp3) is 0.865. The fourth-order valence-corrected chi connectivity index (χ4v) is 2.65. The Balaban J connectivity index is -0.000000139. The van der Waals surface area contributed by atoms with Gasteiger partial charge < -0.3 is 9.59 Å². The van der Waals surface area contributed by atoms with Crippen LogP contribution in [0.25, 0.3) is 0 Å². The van der Waals surface area contributed by atoms with Crippen LogP contribution < -0.4 is 0 Å². The summed E-state index contributed by atoms with van der Waals surface area (Å²) in [5, 5.41) is 0. The molecule has 0 saturated heterocycles. The van der Waals surface area contributed by atoms with E-state index >= 15 is 0 Å². The van der Waals surface area contributed by atoms with Gasteiger partial charge in [-0.1, -0.05) is 111 Å². The summed E-state index contributed by atoms with van der Waals surface area (Å²) in [4.78, 5) is 53.1. The van der Waals surface area contributed by atoms with E-state index in [0.717, 1.165) is 19.3 Å².